The molecule has 24 heavy (non-hydrogen) atoms. The van der Waals surface area contributed by atoms with Crippen LogP contribution in [-0.2, 0) is 0 Å². The number of phenolic OH excluding ortho intramolecular Hbond substituents is 2. The van der Waals surface area contributed by atoms with Gasteiger partial charge in [0.2, 0.25) is 0 Å². The SMILES string of the molecule is CCN(CC)C(c1ccc(O)c(O)c1)c1c(C)[nH]c2ccccc12. The average Bonchev–Trinajstić information content (AvgIpc) is 2.91. The number of aromatic amines is 1. The lowest BCUT2D eigenvalue weighted by molar-refractivity contribution is 0.250. The minimum atomic E-state index is -0.0901. The largest absolute Gasteiger partial charge is 0.504 e. The minimum Gasteiger partial charge on any atom is -0.504 e. The molecule has 1 atom stereocenters. The average molecular weight is 324 g/mol. The van der Waals surface area contributed by atoms with Crippen molar-refractivity contribution >= 4 is 10.9 Å². The number of aromatic nitrogens is 1. The molecule has 3 rings (SSSR count). The van der Waals surface area contributed by atoms with Gasteiger partial charge in [-0.2, -0.15) is 0 Å². The van der Waals surface area contributed by atoms with E-state index in [2.05, 4.69) is 42.8 Å². The second-order valence-corrected chi connectivity index (χ2v) is 6.08. The van der Waals surface area contributed by atoms with E-state index in [1.807, 2.05) is 18.2 Å². The number of nitrogens with one attached hydrogen (secondary N) is 1. The van der Waals surface area contributed by atoms with Crippen molar-refractivity contribution in [2.75, 3.05) is 13.1 Å². The van der Waals surface area contributed by atoms with Crippen LogP contribution in [0.4, 0.5) is 0 Å². The molecule has 0 radical (unpaired) electrons. The van der Waals surface area contributed by atoms with Crippen molar-refractivity contribution in [3.8, 4) is 11.5 Å². The zero-order valence-corrected chi connectivity index (χ0v) is 14.4. The molecule has 1 unspecified atom stereocenters. The number of aryl methyl sites for hydroxylation is 1. The Kier molecular flexibility index (Phi) is 4.49. The quantitative estimate of drug-likeness (QED) is 0.613. The number of benzene rings is 2. The van der Waals surface area contributed by atoms with Gasteiger partial charge in [0, 0.05) is 22.2 Å². The monoisotopic (exact) mass is 324 g/mol. The van der Waals surface area contributed by atoms with Crippen LogP contribution in [0, 0.1) is 6.92 Å². The van der Waals surface area contributed by atoms with Crippen LogP contribution in [-0.4, -0.2) is 33.2 Å². The predicted molar refractivity (Wildman–Crippen MR) is 97.6 cm³/mol. The molecule has 1 aromatic heterocycles. The number of rotatable bonds is 5. The first kappa shape index (κ1) is 16.4. The highest BCUT2D eigenvalue weighted by Crippen LogP contribution is 2.38. The second kappa shape index (κ2) is 6.57. The van der Waals surface area contributed by atoms with Crippen LogP contribution in [0.1, 0.15) is 36.7 Å². The van der Waals surface area contributed by atoms with E-state index in [4.69, 9.17) is 0 Å². The second-order valence-electron chi connectivity index (χ2n) is 6.08. The van der Waals surface area contributed by atoms with Crippen LogP contribution < -0.4 is 0 Å². The Morgan fingerprint density at radius 2 is 1.71 bits per heavy atom. The zero-order valence-electron chi connectivity index (χ0n) is 14.4. The van der Waals surface area contributed by atoms with Crippen LogP contribution in [0.15, 0.2) is 42.5 Å². The molecule has 0 aliphatic heterocycles. The van der Waals surface area contributed by atoms with Crippen molar-refractivity contribution in [2.45, 2.75) is 26.8 Å². The maximum absolute atomic E-state index is 9.98. The van der Waals surface area contributed by atoms with Gasteiger partial charge in [-0.25, -0.2) is 0 Å². The molecule has 0 aliphatic carbocycles. The van der Waals surface area contributed by atoms with Crippen molar-refractivity contribution in [3.63, 3.8) is 0 Å². The van der Waals surface area contributed by atoms with E-state index in [-0.39, 0.29) is 17.5 Å². The molecule has 3 aromatic rings. The van der Waals surface area contributed by atoms with Gasteiger partial charge in [0.05, 0.1) is 6.04 Å². The van der Waals surface area contributed by atoms with Crippen LogP contribution in [0.25, 0.3) is 10.9 Å². The Morgan fingerprint density at radius 1 is 1.00 bits per heavy atom. The number of fused-ring (bicyclic) bond motifs is 1. The van der Waals surface area contributed by atoms with Gasteiger partial charge in [0.1, 0.15) is 0 Å². The molecule has 126 valence electrons. The molecule has 4 nitrogen and oxygen atoms in total. The van der Waals surface area contributed by atoms with Gasteiger partial charge < -0.3 is 15.2 Å². The summed E-state index contributed by atoms with van der Waals surface area (Å²) in [5.74, 6) is -0.171. The van der Waals surface area contributed by atoms with E-state index >= 15 is 0 Å². The molecule has 0 fully saturated rings. The maximum atomic E-state index is 9.98. The van der Waals surface area contributed by atoms with Crippen LogP contribution >= 0.6 is 0 Å². The van der Waals surface area contributed by atoms with Crippen LogP contribution in [0.5, 0.6) is 11.5 Å². The van der Waals surface area contributed by atoms with E-state index in [1.165, 1.54) is 10.9 Å². The molecular formula is C20H24N2O2. The summed E-state index contributed by atoms with van der Waals surface area (Å²) >= 11 is 0. The van der Waals surface area contributed by atoms with E-state index < -0.39 is 0 Å². The van der Waals surface area contributed by atoms with Crippen molar-refractivity contribution in [1.29, 1.82) is 0 Å². The fraction of sp³-hybridized carbons (Fsp3) is 0.300. The lowest BCUT2D eigenvalue weighted by Gasteiger charge is -2.31. The number of nitrogens with zero attached hydrogens (tertiary/aromatic N) is 1. The van der Waals surface area contributed by atoms with Gasteiger partial charge in [-0.05, 0) is 43.8 Å². The Hall–Kier alpha value is -2.46. The van der Waals surface area contributed by atoms with Crippen molar-refractivity contribution in [2.24, 2.45) is 0 Å². The summed E-state index contributed by atoms with van der Waals surface area (Å²) in [6, 6.07) is 13.4. The molecule has 4 heteroatoms. The molecule has 0 bridgehead atoms. The third-order valence-corrected chi connectivity index (χ3v) is 4.71. The highest BCUT2D eigenvalue weighted by molar-refractivity contribution is 5.85. The highest BCUT2D eigenvalue weighted by atomic mass is 16.3. The topological polar surface area (TPSA) is 59.5 Å². The third-order valence-electron chi connectivity index (χ3n) is 4.71. The van der Waals surface area contributed by atoms with Gasteiger partial charge in [0.15, 0.2) is 11.5 Å². The first-order valence-electron chi connectivity index (χ1n) is 8.39. The highest BCUT2D eigenvalue weighted by Gasteiger charge is 2.25. The number of aromatic hydroxyl groups is 2. The molecule has 0 aliphatic rings. The number of hydrogen-bond donors (Lipinski definition) is 3. The molecule has 2 aromatic carbocycles. The fourth-order valence-corrected chi connectivity index (χ4v) is 3.51. The number of phenols is 2. The van der Waals surface area contributed by atoms with E-state index in [0.717, 1.165) is 29.9 Å². The van der Waals surface area contributed by atoms with E-state index in [9.17, 15) is 10.2 Å². The molecule has 1 heterocycles. The molecule has 3 N–H and O–H groups in total. The smallest absolute Gasteiger partial charge is 0.157 e. The summed E-state index contributed by atoms with van der Waals surface area (Å²) in [6.07, 6.45) is 0. The maximum Gasteiger partial charge on any atom is 0.157 e. The fourth-order valence-electron chi connectivity index (χ4n) is 3.51. The Balaban J connectivity index is 2.24. The molecule has 0 spiro atoms. The van der Waals surface area contributed by atoms with E-state index in [1.54, 1.807) is 12.1 Å². The summed E-state index contributed by atoms with van der Waals surface area (Å²) in [5, 5.41) is 20.8. The molecule has 0 amide bonds. The normalized spacial score (nSPS) is 12.8. The molecule has 0 saturated carbocycles. The predicted octanol–water partition coefficient (Wildman–Crippen LogP) is 4.32. The summed E-state index contributed by atoms with van der Waals surface area (Å²) in [4.78, 5) is 5.82. The van der Waals surface area contributed by atoms with Gasteiger partial charge in [-0.15, -0.1) is 0 Å². The van der Waals surface area contributed by atoms with Crippen molar-refractivity contribution in [1.82, 2.24) is 9.88 Å². The van der Waals surface area contributed by atoms with Gasteiger partial charge in [-0.1, -0.05) is 38.1 Å². The molecular weight excluding hydrogens is 300 g/mol. The molecule has 0 saturated heterocycles. The summed E-state index contributed by atoms with van der Waals surface area (Å²) in [6.45, 7) is 8.15. The summed E-state index contributed by atoms with van der Waals surface area (Å²) in [5.41, 5.74) is 4.44. The summed E-state index contributed by atoms with van der Waals surface area (Å²) in [7, 11) is 0. The zero-order chi connectivity index (χ0) is 17.3. The van der Waals surface area contributed by atoms with Crippen molar-refractivity contribution < 1.29 is 10.2 Å². The standard InChI is InChI=1S/C20H24N2O2/c1-4-22(5-2)20(14-10-11-17(23)18(24)12-14)19-13(3)21-16-9-7-6-8-15(16)19/h6-12,20-21,23-24H,4-5H2,1-3H3. The van der Waals surface area contributed by atoms with Gasteiger partial charge in [0.25, 0.3) is 0 Å². The Bertz CT molecular complexity index is 850. The Labute approximate surface area is 142 Å². The van der Waals surface area contributed by atoms with Gasteiger partial charge in [-0.3, -0.25) is 4.90 Å². The number of H-pyrrole nitrogens is 1. The van der Waals surface area contributed by atoms with Gasteiger partial charge >= 0.3 is 0 Å². The lowest BCUT2D eigenvalue weighted by Crippen LogP contribution is -2.29. The van der Waals surface area contributed by atoms with E-state index in [0.29, 0.717) is 0 Å². The number of hydrogen-bond acceptors (Lipinski definition) is 3. The minimum absolute atomic E-state index is 0.0163. The lowest BCUT2D eigenvalue weighted by atomic mass is 9.94. The first-order chi connectivity index (χ1) is 11.6. The summed E-state index contributed by atoms with van der Waals surface area (Å²) < 4.78 is 0. The van der Waals surface area contributed by atoms with Crippen molar-refractivity contribution in [3.05, 3.63) is 59.3 Å². The first-order valence-corrected chi connectivity index (χ1v) is 8.39. The van der Waals surface area contributed by atoms with Crippen LogP contribution in [0.3, 0.4) is 0 Å². The number of para-hydroxylation sites is 1. The third kappa shape index (κ3) is 2.74. The Morgan fingerprint density at radius 3 is 2.38 bits per heavy atom. The van der Waals surface area contributed by atoms with Crippen LogP contribution in [0.2, 0.25) is 0 Å².